The summed E-state index contributed by atoms with van der Waals surface area (Å²) in [6, 6.07) is 20.0. The minimum atomic E-state index is -0.307. The van der Waals surface area contributed by atoms with Crippen molar-refractivity contribution in [2.45, 2.75) is 26.2 Å². The van der Waals surface area contributed by atoms with E-state index in [2.05, 4.69) is 18.3 Å². The number of nitrogens with zero attached hydrogens (tertiary/aromatic N) is 1. The van der Waals surface area contributed by atoms with Crippen molar-refractivity contribution in [1.82, 2.24) is 0 Å². The Morgan fingerprint density at radius 3 is 2.58 bits per heavy atom. The first-order chi connectivity index (χ1) is 15.0. The Morgan fingerprint density at radius 2 is 1.87 bits per heavy atom. The minimum Gasteiger partial charge on any atom is -0.484 e. The van der Waals surface area contributed by atoms with Gasteiger partial charge in [-0.05, 0) is 59.6 Å². The van der Waals surface area contributed by atoms with Crippen LogP contribution in [0.3, 0.4) is 0 Å². The van der Waals surface area contributed by atoms with Gasteiger partial charge in [-0.1, -0.05) is 61.6 Å². The van der Waals surface area contributed by atoms with Crippen LogP contribution in [0, 0.1) is 21.1 Å². The Bertz CT molecular complexity index is 1200. The second-order valence-corrected chi connectivity index (χ2v) is 9.43. The number of nitriles is 1. The molecule has 0 aliphatic heterocycles. The molecule has 1 amide bonds. The first-order valence-corrected chi connectivity index (χ1v) is 11.4. The van der Waals surface area contributed by atoms with Gasteiger partial charge in [0, 0.05) is 0 Å². The minimum absolute atomic E-state index is 0.136. The molecule has 0 radical (unpaired) electrons. The van der Waals surface area contributed by atoms with Gasteiger partial charge in [0.2, 0.25) is 0 Å². The summed E-state index contributed by atoms with van der Waals surface area (Å²) >= 11 is 6.86. The van der Waals surface area contributed by atoms with E-state index in [1.54, 1.807) is 0 Å². The van der Waals surface area contributed by atoms with Crippen LogP contribution in [-0.2, 0) is 17.6 Å². The van der Waals surface area contributed by atoms with Crippen LogP contribution in [0.25, 0.3) is 11.1 Å². The third-order valence-electron chi connectivity index (χ3n) is 5.47. The average Bonchev–Trinajstić information content (AvgIpc) is 2.79. The van der Waals surface area contributed by atoms with Crippen molar-refractivity contribution >= 4 is 34.5 Å². The van der Waals surface area contributed by atoms with E-state index in [1.165, 1.54) is 11.3 Å². The van der Waals surface area contributed by atoms with Crippen LogP contribution >= 0.6 is 23.6 Å². The van der Waals surface area contributed by atoms with Crippen LogP contribution in [0.15, 0.2) is 54.6 Å². The van der Waals surface area contributed by atoms with Gasteiger partial charge in [0.05, 0.1) is 9.39 Å². The zero-order valence-corrected chi connectivity index (χ0v) is 18.8. The van der Waals surface area contributed by atoms with E-state index in [9.17, 15) is 10.1 Å². The molecule has 1 aliphatic rings. The van der Waals surface area contributed by atoms with Gasteiger partial charge in [-0.2, -0.15) is 5.26 Å². The summed E-state index contributed by atoms with van der Waals surface area (Å²) in [7, 11) is 0. The average molecular weight is 447 g/mol. The van der Waals surface area contributed by atoms with E-state index in [-0.39, 0.29) is 12.5 Å². The molecule has 0 saturated heterocycles. The summed E-state index contributed by atoms with van der Waals surface area (Å²) in [5.41, 5.74) is 4.85. The lowest BCUT2D eigenvalue weighted by molar-refractivity contribution is -0.118. The lowest BCUT2D eigenvalue weighted by Crippen LogP contribution is -2.21. The maximum absolute atomic E-state index is 12.5. The van der Waals surface area contributed by atoms with Gasteiger partial charge < -0.3 is 10.1 Å². The van der Waals surface area contributed by atoms with Gasteiger partial charge in [-0.3, -0.25) is 4.79 Å². The van der Waals surface area contributed by atoms with Crippen molar-refractivity contribution in [3.05, 3.63) is 75.1 Å². The predicted octanol–water partition coefficient (Wildman–Crippen LogP) is 6.16. The van der Waals surface area contributed by atoms with Crippen molar-refractivity contribution in [2.75, 3.05) is 11.9 Å². The largest absolute Gasteiger partial charge is 0.484 e. The number of nitrogens with one attached hydrogen (secondary N) is 1. The number of benzene rings is 2. The third kappa shape index (κ3) is 4.84. The van der Waals surface area contributed by atoms with Crippen LogP contribution in [0.5, 0.6) is 5.75 Å². The van der Waals surface area contributed by atoms with Crippen molar-refractivity contribution in [3.63, 3.8) is 0 Å². The molecular weight excluding hydrogens is 424 g/mol. The smallest absolute Gasteiger partial charge is 0.262 e. The van der Waals surface area contributed by atoms with Gasteiger partial charge in [0.25, 0.3) is 5.91 Å². The second kappa shape index (κ2) is 9.42. The molecule has 1 aliphatic carbocycles. The molecule has 31 heavy (non-hydrogen) atoms. The number of hydrogen-bond acceptors (Lipinski definition) is 5. The SMILES string of the molecule is CC1CCc2c(C#N)c(NC(=O)COc3ccc(-c4ccccc4)cc3)sc(=S)c2C1. The first-order valence-electron chi connectivity index (χ1n) is 10.2. The summed E-state index contributed by atoms with van der Waals surface area (Å²) in [6.07, 6.45) is 2.75. The van der Waals surface area contributed by atoms with E-state index >= 15 is 0 Å². The quantitative estimate of drug-likeness (QED) is 0.477. The number of amides is 1. The zero-order valence-electron chi connectivity index (χ0n) is 17.2. The number of carbonyl (C=O) groups is 1. The van der Waals surface area contributed by atoms with Crippen LogP contribution in [-0.4, -0.2) is 12.5 Å². The fraction of sp³-hybridized carbons (Fsp3) is 0.240. The molecule has 4 nitrogen and oxygen atoms in total. The van der Waals surface area contributed by atoms with Crippen molar-refractivity contribution in [2.24, 2.45) is 5.92 Å². The molecule has 0 spiro atoms. The highest BCUT2D eigenvalue weighted by Crippen LogP contribution is 2.35. The lowest BCUT2D eigenvalue weighted by Gasteiger charge is -2.23. The molecule has 1 unspecified atom stereocenters. The molecular formula is C25H22N2O2S2. The second-order valence-electron chi connectivity index (χ2n) is 7.74. The number of carbonyl (C=O) groups excluding carboxylic acids is 1. The summed E-state index contributed by atoms with van der Waals surface area (Å²) in [6.45, 7) is 2.07. The Hall–Kier alpha value is -3.01. The van der Waals surface area contributed by atoms with Crippen LogP contribution in [0.4, 0.5) is 5.00 Å². The van der Waals surface area contributed by atoms with Gasteiger partial charge in [0.15, 0.2) is 6.61 Å². The fourth-order valence-corrected chi connectivity index (χ4v) is 5.24. The molecule has 1 aromatic heterocycles. The van der Waals surface area contributed by atoms with Crippen LogP contribution < -0.4 is 10.1 Å². The highest BCUT2D eigenvalue weighted by Gasteiger charge is 2.23. The Kier molecular flexibility index (Phi) is 6.45. The predicted molar refractivity (Wildman–Crippen MR) is 127 cm³/mol. The van der Waals surface area contributed by atoms with Gasteiger partial charge in [0.1, 0.15) is 16.8 Å². The molecule has 4 rings (SSSR count). The summed E-state index contributed by atoms with van der Waals surface area (Å²) in [5, 5.41) is 13.1. The molecule has 0 bridgehead atoms. The molecule has 0 saturated carbocycles. The maximum atomic E-state index is 12.5. The number of anilines is 1. The van der Waals surface area contributed by atoms with Gasteiger partial charge >= 0.3 is 0 Å². The Balaban J connectivity index is 1.43. The molecule has 1 atom stereocenters. The molecule has 0 fully saturated rings. The van der Waals surface area contributed by atoms with Crippen molar-refractivity contribution in [3.8, 4) is 22.9 Å². The zero-order chi connectivity index (χ0) is 21.8. The summed E-state index contributed by atoms with van der Waals surface area (Å²) < 4.78 is 6.40. The first kappa shape index (κ1) is 21.2. The van der Waals surface area contributed by atoms with E-state index in [0.29, 0.717) is 22.2 Å². The maximum Gasteiger partial charge on any atom is 0.262 e. The van der Waals surface area contributed by atoms with Crippen molar-refractivity contribution in [1.29, 1.82) is 5.26 Å². The number of fused-ring (bicyclic) bond motifs is 1. The highest BCUT2D eigenvalue weighted by molar-refractivity contribution is 7.73. The topological polar surface area (TPSA) is 62.1 Å². The molecule has 2 aromatic carbocycles. The standard InChI is InChI=1S/C25H22N2O2S2/c1-16-7-12-20-21(13-16)25(30)31-24(22(20)14-26)27-23(28)15-29-19-10-8-18(9-11-19)17-5-3-2-4-6-17/h2-6,8-11,16H,7,12-13,15H2,1H3,(H,27,28). The molecule has 3 aromatic rings. The Morgan fingerprint density at radius 1 is 1.16 bits per heavy atom. The number of hydrogen-bond donors (Lipinski definition) is 1. The lowest BCUT2D eigenvalue weighted by atomic mass is 9.85. The van der Waals surface area contributed by atoms with Crippen LogP contribution in [0.1, 0.15) is 30.0 Å². The highest BCUT2D eigenvalue weighted by atomic mass is 32.1. The van der Waals surface area contributed by atoms with Crippen LogP contribution in [0.2, 0.25) is 0 Å². The molecule has 1 N–H and O–H groups in total. The van der Waals surface area contributed by atoms with E-state index in [4.69, 9.17) is 17.0 Å². The number of rotatable bonds is 5. The van der Waals surface area contributed by atoms with Crippen molar-refractivity contribution < 1.29 is 9.53 Å². The van der Waals surface area contributed by atoms with E-state index in [1.807, 2.05) is 54.6 Å². The summed E-state index contributed by atoms with van der Waals surface area (Å²) in [5.74, 6) is 0.871. The van der Waals surface area contributed by atoms with E-state index in [0.717, 1.165) is 45.3 Å². The van der Waals surface area contributed by atoms with Gasteiger partial charge in [-0.15, -0.1) is 11.3 Å². The fourth-order valence-electron chi connectivity index (χ4n) is 3.83. The molecule has 1 heterocycles. The molecule has 156 valence electrons. The monoisotopic (exact) mass is 446 g/mol. The third-order valence-corrected chi connectivity index (χ3v) is 6.91. The normalized spacial score (nSPS) is 14.9. The van der Waals surface area contributed by atoms with E-state index < -0.39 is 0 Å². The molecule has 6 heteroatoms. The van der Waals surface area contributed by atoms with Gasteiger partial charge in [-0.25, -0.2) is 0 Å². The summed E-state index contributed by atoms with van der Waals surface area (Å²) in [4.78, 5) is 12.5. The Labute approximate surface area is 191 Å². The number of ether oxygens (including phenoxy) is 1.